The van der Waals surface area contributed by atoms with Gasteiger partial charge in [-0.1, -0.05) is 0 Å². The van der Waals surface area contributed by atoms with Crippen LogP contribution in [0.5, 0.6) is 0 Å². The highest BCUT2D eigenvalue weighted by atomic mass is 32.2. The summed E-state index contributed by atoms with van der Waals surface area (Å²) in [4.78, 5) is 4.06. The Labute approximate surface area is 128 Å². The maximum absolute atomic E-state index is 12.6. The van der Waals surface area contributed by atoms with E-state index >= 15 is 0 Å². The lowest BCUT2D eigenvalue weighted by Crippen LogP contribution is -2.50. The van der Waals surface area contributed by atoms with Crippen molar-refractivity contribution < 1.29 is 21.3 Å². The van der Waals surface area contributed by atoms with Crippen LogP contribution in [0.2, 0.25) is 0 Å². The van der Waals surface area contributed by atoms with Crippen molar-refractivity contribution in [1.29, 1.82) is 0 Å². The molecule has 0 aliphatic carbocycles. The van der Waals surface area contributed by atoms with Crippen molar-refractivity contribution in [1.82, 2.24) is 13.6 Å². The number of sulfonamides is 2. The first-order valence-electron chi connectivity index (χ1n) is 6.57. The number of aromatic nitrogens is 1. The minimum atomic E-state index is -3.68. The van der Waals surface area contributed by atoms with Gasteiger partial charge in [-0.05, 0) is 12.1 Å². The number of oxazole rings is 1. The Kier molecular flexibility index (Phi) is 3.71. The van der Waals surface area contributed by atoms with Crippen LogP contribution in [0.25, 0.3) is 11.1 Å². The number of rotatable bonds is 3. The minimum absolute atomic E-state index is 0.115. The van der Waals surface area contributed by atoms with Gasteiger partial charge in [0.25, 0.3) is 0 Å². The molecule has 1 saturated heterocycles. The number of hydrogen-bond donors (Lipinski definition) is 0. The molecule has 1 aliphatic heterocycles. The molecule has 10 heteroatoms. The molecule has 0 radical (unpaired) electrons. The predicted octanol–water partition coefficient (Wildman–Crippen LogP) is 0.0937. The number of benzene rings is 1. The molecule has 0 N–H and O–H groups in total. The first-order chi connectivity index (χ1) is 10.3. The second-order valence-corrected chi connectivity index (χ2v) is 8.97. The topological polar surface area (TPSA) is 101 Å². The summed E-state index contributed by atoms with van der Waals surface area (Å²) in [6, 6.07) is 4.49. The molecule has 3 rings (SSSR count). The van der Waals surface area contributed by atoms with Crippen molar-refractivity contribution >= 4 is 31.1 Å². The van der Waals surface area contributed by atoms with Gasteiger partial charge in [-0.15, -0.1) is 0 Å². The Morgan fingerprint density at radius 1 is 1.05 bits per heavy atom. The Balaban J connectivity index is 1.84. The normalized spacial score (nSPS) is 18.8. The van der Waals surface area contributed by atoms with Gasteiger partial charge in [0.15, 0.2) is 12.0 Å². The quantitative estimate of drug-likeness (QED) is 0.782. The van der Waals surface area contributed by atoms with Crippen LogP contribution in [0, 0.1) is 0 Å². The Morgan fingerprint density at radius 2 is 1.68 bits per heavy atom. The van der Waals surface area contributed by atoms with Gasteiger partial charge in [0, 0.05) is 32.2 Å². The fourth-order valence-electron chi connectivity index (χ4n) is 2.39. The van der Waals surface area contributed by atoms with Gasteiger partial charge in [0.1, 0.15) is 5.52 Å². The molecule has 1 fully saturated rings. The molecule has 22 heavy (non-hydrogen) atoms. The summed E-state index contributed by atoms with van der Waals surface area (Å²) < 4.78 is 55.8. The van der Waals surface area contributed by atoms with E-state index in [1.54, 1.807) is 6.07 Å². The lowest BCUT2D eigenvalue weighted by Gasteiger charge is -2.32. The molecule has 2 heterocycles. The van der Waals surface area contributed by atoms with E-state index in [1.807, 2.05) is 0 Å². The summed E-state index contributed by atoms with van der Waals surface area (Å²) in [5, 5.41) is 0. The zero-order valence-electron chi connectivity index (χ0n) is 11.8. The van der Waals surface area contributed by atoms with Crippen LogP contribution >= 0.6 is 0 Å². The Morgan fingerprint density at radius 3 is 2.32 bits per heavy atom. The van der Waals surface area contributed by atoms with E-state index in [9.17, 15) is 16.8 Å². The van der Waals surface area contributed by atoms with Crippen molar-refractivity contribution in [2.24, 2.45) is 0 Å². The Hall–Kier alpha value is -1.49. The molecule has 0 amide bonds. The van der Waals surface area contributed by atoms with Crippen LogP contribution in [0.3, 0.4) is 0 Å². The van der Waals surface area contributed by atoms with Crippen molar-refractivity contribution in [3.63, 3.8) is 0 Å². The van der Waals surface area contributed by atoms with Gasteiger partial charge < -0.3 is 4.42 Å². The maximum Gasteiger partial charge on any atom is 0.243 e. The van der Waals surface area contributed by atoms with Gasteiger partial charge in [0.05, 0.1) is 11.2 Å². The zero-order valence-corrected chi connectivity index (χ0v) is 13.5. The molecule has 8 nitrogen and oxygen atoms in total. The molecule has 0 saturated carbocycles. The maximum atomic E-state index is 12.6. The first-order valence-corrected chi connectivity index (χ1v) is 9.86. The first kappa shape index (κ1) is 15.4. The summed E-state index contributed by atoms with van der Waals surface area (Å²) in [7, 11) is -6.97. The Bertz CT molecular complexity index is 896. The predicted molar refractivity (Wildman–Crippen MR) is 79.2 cm³/mol. The molecule has 1 aromatic heterocycles. The number of piperazine rings is 1. The van der Waals surface area contributed by atoms with Crippen LogP contribution in [0.4, 0.5) is 0 Å². The van der Waals surface area contributed by atoms with Crippen LogP contribution in [0.15, 0.2) is 33.9 Å². The van der Waals surface area contributed by atoms with Crippen molar-refractivity contribution in [2.75, 3.05) is 32.4 Å². The molecule has 0 spiro atoms. The average Bonchev–Trinajstić information content (AvgIpc) is 2.94. The summed E-state index contributed by atoms with van der Waals surface area (Å²) >= 11 is 0. The third-order valence-electron chi connectivity index (χ3n) is 3.61. The molecule has 0 bridgehead atoms. The fourth-order valence-corrected chi connectivity index (χ4v) is 4.65. The van der Waals surface area contributed by atoms with Crippen LogP contribution < -0.4 is 0 Å². The van der Waals surface area contributed by atoms with E-state index in [2.05, 4.69) is 4.98 Å². The molecular weight excluding hydrogens is 330 g/mol. The minimum Gasteiger partial charge on any atom is -0.443 e. The van der Waals surface area contributed by atoms with E-state index in [4.69, 9.17) is 4.42 Å². The third kappa shape index (κ3) is 2.74. The van der Waals surface area contributed by atoms with Gasteiger partial charge in [-0.25, -0.2) is 21.8 Å². The van der Waals surface area contributed by atoms with E-state index in [1.165, 1.54) is 27.1 Å². The van der Waals surface area contributed by atoms with Gasteiger partial charge in [-0.2, -0.15) is 8.61 Å². The monoisotopic (exact) mass is 345 g/mol. The summed E-state index contributed by atoms with van der Waals surface area (Å²) in [6.45, 7) is 0.568. The molecule has 0 unspecified atom stereocenters. The highest BCUT2D eigenvalue weighted by molar-refractivity contribution is 7.89. The fraction of sp³-hybridized carbons (Fsp3) is 0.417. The molecule has 120 valence electrons. The zero-order chi connectivity index (χ0) is 16.0. The molecule has 1 aliphatic rings. The molecule has 0 atom stereocenters. The standard InChI is InChI=1S/C12H15N3O5S2/c1-21(16,17)14-4-6-15(7-5-14)22(18,19)10-2-3-11-12(8-10)20-9-13-11/h2-3,8-9H,4-7H2,1H3. The number of fused-ring (bicyclic) bond motifs is 1. The molecule has 2 aromatic rings. The van der Waals surface area contributed by atoms with Crippen molar-refractivity contribution in [2.45, 2.75) is 4.90 Å². The summed E-state index contributed by atoms with van der Waals surface area (Å²) in [5.41, 5.74) is 0.983. The number of hydrogen-bond acceptors (Lipinski definition) is 6. The van der Waals surface area contributed by atoms with E-state index in [0.717, 1.165) is 6.26 Å². The van der Waals surface area contributed by atoms with Gasteiger partial charge in [0.2, 0.25) is 20.0 Å². The van der Waals surface area contributed by atoms with Crippen LogP contribution in [-0.2, 0) is 20.0 Å². The average molecular weight is 345 g/mol. The van der Waals surface area contributed by atoms with Crippen LogP contribution in [0.1, 0.15) is 0 Å². The largest absolute Gasteiger partial charge is 0.443 e. The van der Waals surface area contributed by atoms with E-state index in [0.29, 0.717) is 11.1 Å². The van der Waals surface area contributed by atoms with Gasteiger partial charge in [-0.3, -0.25) is 0 Å². The van der Waals surface area contributed by atoms with E-state index in [-0.39, 0.29) is 31.1 Å². The highest BCUT2D eigenvalue weighted by Gasteiger charge is 2.31. The van der Waals surface area contributed by atoms with Crippen molar-refractivity contribution in [3.05, 3.63) is 24.6 Å². The summed E-state index contributed by atoms with van der Waals surface area (Å²) in [5.74, 6) is 0. The van der Waals surface area contributed by atoms with E-state index < -0.39 is 20.0 Å². The molecule has 1 aromatic carbocycles. The lowest BCUT2D eigenvalue weighted by molar-refractivity contribution is 0.274. The highest BCUT2D eigenvalue weighted by Crippen LogP contribution is 2.22. The van der Waals surface area contributed by atoms with Crippen LogP contribution in [-0.4, -0.2) is 62.9 Å². The third-order valence-corrected chi connectivity index (χ3v) is 6.80. The number of nitrogens with zero attached hydrogens (tertiary/aromatic N) is 3. The smallest absolute Gasteiger partial charge is 0.243 e. The second-order valence-electron chi connectivity index (χ2n) is 5.05. The second kappa shape index (κ2) is 5.30. The molecular formula is C12H15N3O5S2. The van der Waals surface area contributed by atoms with Crippen molar-refractivity contribution in [3.8, 4) is 0 Å². The van der Waals surface area contributed by atoms with Gasteiger partial charge >= 0.3 is 0 Å². The SMILES string of the molecule is CS(=O)(=O)N1CCN(S(=O)(=O)c2ccc3ncoc3c2)CC1. The summed E-state index contributed by atoms with van der Waals surface area (Å²) in [6.07, 6.45) is 2.38. The lowest BCUT2D eigenvalue weighted by atomic mass is 10.3.